The van der Waals surface area contributed by atoms with Crippen molar-refractivity contribution >= 4 is 17.1 Å². The van der Waals surface area contributed by atoms with Crippen LogP contribution in [-0.2, 0) is 6.54 Å². The summed E-state index contributed by atoms with van der Waals surface area (Å²) in [4.78, 5) is 11.3. The zero-order valence-electron chi connectivity index (χ0n) is 10.9. The van der Waals surface area contributed by atoms with Crippen LogP contribution in [-0.4, -0.2) is 39.6 Å². The first-order valence-electron chi connectivity index (χ1n) is 6.41. The first-order chi connectivity index (χ1) is 8.63. The Morgan fingerprint density at radius 3 is 2.94 bits per heavy atom. The molecule has 0 radical (unpaired) electrons. The molecule has 1 fully saturated rings. The lowest BCUT2D eigenvalue weighted by Gasteiger charge is -2.12. The van der Waals surface area contributed by atoms with Gasteiger partial charge in [-0.05, 0) is 45.0 Å². The van der Waals surface area contributed by atoms with Crippen molar-refractivity contribution < 1.29 is 0 Å². The molecule has 1 atom stereocenters. The van der Waals surface area contributed by atoms with Gasteiger partial charge in [0.2, 0.25) is 5.95 Å². The summed E-state index contributed by atoms with van der Waals surface area (Å²) in [6.07, 6.45) is 1.22. The first kappa shape index (κ1) is 11.5. The van der Waals surface area contributed by atoms with E-state index in [0.717, 1.165) is 29.9 Å². The van der Waals surface area contributed by atoms with E-state index in [1.807, 2.05) is 19.1 Å². The van der Waals surface area contributed by atoms with Crippen LogP contribution in [0.2, 0.25) is 0 Å². The number of pyridine rings is 1. The van der Waals surface area contributed by atoms with Crippen molar-refractivity contribution in [2.24, 2.45) is 5.92 Å². The van der Waals surface area contributed by atoms with Crippen LogP contribution in [0.15, 0.2) is 12.1 Å². The van der Waals surface area contributed by atoms with Crippen LogP contribution in [0.4, 0.5) is 5.95 Å². The van der Waals surface area contributed by atoms with E-state index >= 15 is 0 Å². The van der Waals surface area contributed by atoms with Crippen molar-refractivity contribution in [1.82, 2.24) is 19.4 Å². The molecule has 0 aliphatic carbocycles. The molecule has 3 heterocycles. The van der Waals surface area contributed by atoms with Crippen molar-refractivity contribution in [2.75, 3.05) is 25.9 Å². The highest BCUT2D eigenvalue weighted by molar-refractivity contribution is 5.74. The van der Waals surface area contributed by atoms with Crippen LogP contribution >= 0.6 is 0 Å². The molecular weight excluding hydrogens is 226 g/mol. The Balaban J connectivity index is 1.95. The molecule has 18 heavy (non-hydrogen) atoms. The van der Waals surface area contributed by atoms with Crippen LogP contribution < -0.4 is 5.73 Å². The molecule has 1 aliphatic rings. The highest BCUT2D eigenvalue weighted by Crippen LogP contribution is 2.22. The van der Waals surface area contributed by atoms with Crippen molar-refractivity contribution in [2.45, 2.75) is 19.9 Å². The fourth-order valence-electron chi connectivity index (χ4n) is 2.73. The van der Waals surface area contributed by atoms with E-state index in [0.29, 0.717) is 11.9 Å². The minimum Gasteiger partial charge on any atom is -0.369 e. The van der Waals surface area contributed by atoms with Crippen LogP contribution in [0.5, 0.6) is 0 Å². The maximum absolute atomic E-state index is 6.01. The van der Waals surface area contributed by atoms with Gasteiger partial charge in [-0.15, -0.1) is 0 Å². The summed E-state index contributed by atoms with van der Waals surface area (Å²) in [6.45, 7) is 5.22. The predicted octanol–water partition coefficient (Wildman–Crippen LogP) is 1.27. The van der Waals surface area contributed by atoms with Gasteiger partial charge in [0.1, 0.15) is 5.52 Å². The fraction of sp³-hybridized carbons (Fsp3) is 0.538. The number of imidazole rings is 1. The van der Waals surface area contributed by atoms with Gasteiger partial charge in [0.25, 0.3) is 0 Å². The minimum atomic E-state index is 0.581. The van der Waals surface area contributed by atoms with Crippen molar-refractivity contribution in [1.29, 1.82) is 0 Å². The molecule has 1 saturated heterocycles. The van der Waals surface area contributed by atoms with Crippen LogP contribution in [0.3, 0.4) is 0 Å². The summed E-state index contributed by atoms with van der Waals surface area (Å²) in [6, 6.07) is 3.97. The highest BCUT2D eigenvalue weighted by Gasteiger charge is 2.22. The topological polar surface area (TPSA) is 60.0 Å². The molecule has 2 aromatic rings. The summed E-state index contributed by atoms with van der Waals surface area (Å²) in [7, 11) is 2.16. The van der Waals surface area contributed by atoms with E-state index in [-0.39, 0.29) is 0 Å². The van der Waals surface area contributed by atoms with Crippen LogP contribution in [0, 0.1) is 12.8 Å². The second-order valence-corrected chi connectivity index (χ2v) is 5.29. The van der Waals surface area contributed by atoms with E-state index in [9.17, 15) is 0 Å². The molecular formula is C13H19N5. The van der Waals surface area contributed by atoms with Gasteiger partial charge in [0, 0.05) is 18.8 Å². The van der Waals surface area contributed by atoms with E-state index < -0.39 is 0 Å². The van der Waals surface area contributed by atoms with Gasteiger partial charge in [-0.3, -0.25) is 4.57 Å². The number of nitrogens with two attached hydrogens (primary N) is 1. The molecule has 0 aromatic carbocycles. The molecule has 0 amide bonds. The molecule has 2 aromatic heterocycles. The van der Waals surface area contributed by atoms with Gasteiger partial charge >= 0.3 is 0 Å². The number of hydrogen-bond donors (Lipinski definition) is 1. The van der Waals surface area contributed by atoms with Gasteiger partial charge in [-0.25, -0.2) is 9.97 Å². The fourth-order valence-corrected chi connectivity index (χ4v) is 2.73. The summed E-state index contributed by atoms with van der Waals surface area (Å²) in [5.41, 5.74) is 8.83. The Bertz CT molecular complexity index is 574. The van der Waals surface area contributed by atoms with Gasteiger partial charge < -0.3 is 10.6 Å². The average molecular weight is 245 g/mol. The molecule has 3 rings (SSSR count). The Morgan fingerprint density at radius 2 is 2.22 bits per heavy atom. The molecule has 5 nitrogen and oxygen atoms in total. The van der Waals surface area contributed by atoms with Gasteiger partial charge in [0.05, 0.1) is 0 Å². The molecule has 5 heteroatoms. The number of likely N-dealkylation sites (tertiary alicyclic amines) is 1. The summed E-state index contributed by atoms with van der Waals surface area (Å²) in [5, 5.41) is 0. The van der Waals surface area contributed by atoms with Gasteiger partial charge in [0.15, 0.2) is 5.65 Å². The number of aromatic nitrogens is 3. The third kappa shape index (κ3) is 1.95. The van der Waals surface area contributed by atoms with Crippen molar-refractivity contribution in [3.8, 4) is 0 Å². The van der Waals surface area contributed by atoms with Crippen LogP contribution in [0.1, 0.15) is 12.1 Å². The number of aryl methyl sites for hydroxylation is 1. The summed E-state index contributed by atoms with van der Waals surface area (Å²) >= 11 is 0. The van der Waals surface area contributed by atoms with Crippen LogP contribution in [0.25, 0.3) is 11.2 Å². The maximum Gasteiger partial charge on any atom is 0.202 e. The average Bonchev–Trinajstić information content (AvgIpc) is 2.86. The van der Waals surface area contributed by atoms with E-state index in [4.69, 9.17) is 5.73 Å². The quantitative estimate of drug-likeness (QED) is 0.865. The SMILES string of the molecule is Cc1ccc2nc(N)n(CC3CCN(C)C3)c2n1. The molecule has 1 aliphatic heterocycles. The largest absolute Gasteiger partial charge is 0.369 e. The molecule has 0 spiro atoms. The number of nitrogens with zero attached hydrogens (tertiary/aromatic N) is 4. The summed E-state index contributed by atoms with van der Waals surface area (Å²) < 4.78 is 2.06. The Kier molecular flexibility index (Phi) is 2.70. The van der Waals surface area contributed by atoms with Gasteiger partial charge in [-0.2, -0.15) is 0 Å². The third-order valence-corrected chi connectivity index (χ3v) is 3.69. The molecule has 96 valence electrons. The number of hydrogen-bond acceptors (Lipinski definition) is 4. The Morgan fingerprint density at radius 1 is 1.39 bits per heavy atom. The normalized spacial score (nSPS) is 20.9. The molecule has 1 unspecified atom stereocenters. The second-order valence-electron chi connectivity index (χ2n) is 5.29. The highest BCUT2D eigenvalue weighted by atomic mass is 15.2. The monoisotopic (exact) mass is 245 g/mol. The van der Waals surface area contributed by atoms with Crippen molar-refractivity contribution in [3.05, 3.63) is 17.8 Å². The molecule has 0 saturated carbocycles. The lowest BCUT2D eigenvalue weighted by atomic mass is 10.1. The zero-order chi connectivity index (χ0) is 12.7. The van der Waals surface area contributed by atoms with Crippen molar-refractivity contribution in [3.63, 3.8) is 0 Å². The lowest BCUT2D eigenvalue weighted by Crippen LogP contribution is -2.18. The Hall–Kier alpha value is -1.62. The molecule has 2 N–H and O–H groups in total. The molecule has 0 bridgehead atoms. The van der Waals surface area contributed by atoms with Gasteiger partial charge in [-0.1, -0.05) is 0 Å². The minimum absolute atomic E-state index is 0.581. The Labute approximate surface area is 107 Å². The predicted molar refractivity (Wildman–Crippen MR) is 72.3 cm³/mol. The number of fused-ring (bicyclic) bond motifs is 1. The zero-order valence-corrected chi connectivity index (χ0v) is 10.9. The second kappa shape index (κ2) is 4.24. The first-order valence-corrected chi connectivity index (χ1v) is 6.41. The lowest BCUT2D eigenvalue weighted by molar-refractivity contribution is 0.380. The smallest absolute Gasteiger partial charge is 0.202 e. The van der Waals surface area contributed by atoms with E-state index in [2.05, 4.69) is 26.5 Å². The maximum atomic E-state index is 6.01. The standard InChI is InChI=1S/C13H19N5/c1-9-3-4-11-12(15-9)18(13(14)16-11)8-10-5-6-17(2)7-10/h3-4,10H,5-8H2,1-2H3,(H2,14,16). The van der Waals surface area contributed by atoms with E-state index in [1.54, 1.807) is 0 Å². The number of nitrogen functional groups attached to an aromatic ring is 1. The summed E-state index contributed by atoms with van der Waals surface area (Å²) in [5.74, 6) is 1.23. The number of rotatable bonds is 2. The number of anilines is 1. The van der Waals surface area contributed by atoms with E-state index in [1.165, 1.54) is 13.0 Å². The third-order valence-electron chi connectivity index (χ3n) is 3.69.